The Kier molecular flexibility index (Phi) is 5.81. The molecule has 1 amide bonds. The van der Waals surface area contributed by atoms with E-state index in [2.05, 4.69) is 0 Å². The molecule has 0 spiro atoms. The smallest absolute Gasteiger partial charge is 0.305 e. The number of carboxylic acids is 1. The van der Waals surface area contributed by atoms with Crippen molar-refractivity contribution >= 4 is 40.8 Å². The lowest BCUT2D eigenvalue weighted by Crippen LogP contribution is -2.47. The van der Waals surface area contributed by atoms with Gasteiger partial charge in [-0.1, -0.05) is 6.07 Å². The van der Waals surface area contributed by atoms with Gasteiger partial charge in [0, 0.05) is 30.9 Å². The number of carbonyl (C=O) groups is 3. The summed E-state index contributed by atoms with van der Waals surface area (Å²) in [5, 5.41) is 10.7. The van der Waals surface area contributed by atoms with Gasteiger partial charge in [-0.3, -0.25) is 14.4 Å². The summed E-state index contributed by atoms with van der Waals surface area (Å²) >= 11 is 3.04. The van der Waals surface area contributed by atoms with Gasteiger partial charge in [0.1, 0.15) is 0 Å². The number of thiophene rings is 1. The maximum atomic E-state index is 12.2. The standard InChI is InChI=1S/C14H17NO4S2/c16-11(12-2-1-6-21-12)3-4-13(17)15-5-7-20-9-10(15)8-14(18)19/h1-2,6,10H,3-5,7-9H2,(H,18,19). The number of carboxylic acid groups (broad SMARTS) is 1. The van der Waals surface area contributed by atoms with Gasteiger partial charge in [-0.15, -0.1) is 11.3 Å². The van der Waals surface area contributed by atoms with Gasteiger partial charge in [-0.25, -0.2) is 0 Å². The third kappa shape index (κ3) is 4.57. The van der Waals surface area contributed by atoms with Gasteiger partial charge in [0.25, 0.3) is 0 Å². The molecule has 1 aliphatic rings. The number of rotatable bonds is 6. The Labute approximate surface area is 131 Å². The molecule has 1 fully saturated rings. The highest BCUT2D eigenvalue weighted by molar-refractivity contribution is 7.99. The second-order valence-electron chi connectivity index (χ2n) is 4.81. The lowest BCUT2D eigenvalue weighted by atomic mass is 10.1. The molecular formula is C14H17NO4S2. The van der Waals surface area contributed by atoms with E-state index in [4.69, 9.17) is 5.11 Å². The van der Waals surface area contributed by atoms with Crippen LogP contribution in [0.15, 0.2) is 17.5 Å². The van der Waals surface area contributed by atoms with Crippen molar-refractivity contribution in [1.82, 2.24) is 4.90 Å². The first kappa shape index (κ1) is 16.0. The van der Waals surface area contributed by atoms with Crippen molar-refractivity contribution < 1.29 is 19.5 Å². The first-order valence-electron chi connectivity index (χ1n) is 6.73. The maximum Gasteiger partial charge on any atom is 0.305 e. The van der Waals surface area contributed by atoms with Gasteiger partial charge in [0.05, 0.1) is 17.3 Å². The van der Waals surface area contributed by atoms with Crippen molar-refractivity contribution in [2.75, 3.05) is 18.1 Å². The molecule has 21 heavy (non-hydrogen) atoms. The van der Waals surface area contributed by atoms with Crippen molar-refractivity contribution in [3.05, 3.63) is 22.4 Å². The molecule has 2 heterocycles. The van der Waals surface area contributed by atoms with Crippen LogP contribution in [0, 0.1) is 0 Å². The number of carbonyl (C=O) groups excluding carboxylic acids is 2. The number of hydrogen-bond donors (Lipinski definition) is 1. The normalized spacial score (nSPS) is 18.5. The van der Waals surface area contributed by atoms with E-state index in [1.54, 1.807) is 22.7 Å². The molecule has 7 heteroatoms. The predicted molar refractivity (Wildman–Crippen MR) is 83.0 cm³/mol. The van der Waals surface area contributed by atoms with E-state index >= 15 is 0 Å². The number of amides is 1. The molecule has 0 aromatic carbocycles. The van der Waals surface area contributed by atoms with Crippen molar-refractivity contribution in [1.29, 1.82) is 0 Å². The summed E-state index contributed by atoms with van der Waals surface area (Å²) in [5.74, 6) is 0.429. The monoisotopic (exact) mass is 327 g/mol. The zero-order valence-electron chi connectivity index (χ0n) is 11.5. The second kappa shape index (κ2) is 7.61. The van der Waals surface area contributed by atoms with E-state index in [1.165, 1.54) is 11.3 Å². The van der Waals surface area contributed by atoms with Crippen LogP contribution in [0.1, 0.15) is 28.9 Å². The van der Waals surface area contributed by atoms with Crippen molar-refractivity contribution in [2.45, 2.75) is 25.3 Å². The number of ketones is 1. The number of hydrogen-bond acceptors (Lipinski definition) is 5. The summed E-state index contributed by atoms with van der Waals surface area (Å²) in [6.45, 7) is 0.564. The third-order valence-corrected chi connectivity index (χ3v) is 5.32. The van der Waals surface area contributed by atoms with E-state index in [1.807, 2.05) is 11.4 Å². The van der Waals surface area contributed by atoms with Gasteiger partial charge in [0.2, 0.25) is 5.91 Å². The number of Topliss-reactive ketones (excluding diaryl/α,β-unsaturated/α-hetero) is 1. The Morgan fingerprint density at radius 1 is 1.33 bits per heavy atom. The van der Waals surface area contributed by atoms with Crippen LogP contribution in [0.4, 0.5) is 0 Å². The average molecular weight is 327 g/mol. The molecule has 0 radical (unpaired) electrons. The summed E-state index contributed by atoms with van der Waals surface area (Å²) in [6.07, 6.45) is 0.303. The minimum atomic E-state index is -0.894. The summed E-state index contributed by atoms with van der Waals surface area (Å²) in [4.78, 5) is 37.3. The largest absolute Gasteiger partial charge is 0.481 e. The molecule has 0 aliphatic carbocycles. The molecule has 1 N–H and O–H groups in total. The predicted octanol–water partition coefficient (Wildman–Crippen LogP) is 2.13. The average Bonchev–Trinajstić information content (AvgIpc) is 2.98. The van der Waals surface area contributed by atoms with E-state index in [0.717, 1.165) is 5.75 Å². The fraction of sp³-hybridized carbons (Fsp3) is 0.500. The van der Waals surface area contributed by atoms with Crippen molar-refractivity contribution in [3.63, 3.8) is 0 Å². The van der Waals surface area contributed by atoms with Crippen molar-refractivity contribution in [2.24, 2.45) is 0 Å². The molecule has 1 atom stereocenters. The fourth-order valence-corrected chi connectivity index (χ4v) is 4.04. The van der Waals surface area contributed by atoms with E-state index < -0.39 is 5.97 Å². The van der Waals surface area contributed by atoms with Crippen LogP contribution in [0.2, 0.25) is 0 Å². The Morgan fingerprint density at radius 2 is 2.14 bits per heavy atom. The molecule has 1 aliphatic heterocycles. The molecule has 1 aromatic heterocycles. The molecule has 1 saturated heterocycles. The Hall–Kier alpha value is -1.34. The van der Waals surface area contributed by atoms with Crippen LogP contribution < -0.4 is 0 Å². The van der Waals surface area contributed by atoms with Crippen molar-refractivity contribution in [3.8, 4) is 0 Å². The lowest BCUT2D eigenvalue weighted by Gasteiger charge is -2.34. The van der Waals surface area contributed by atoms with Gasteiger partial charge in [-0.05, 0) is 11.4 Å². The first-order chi connectivity index (χ1) is 10.1. The van der Waals surface area contributed by atoms with Gasteiger partial charge < -0.3 is 10.0 Å². The zero-order valence-corrected chi connectivity index (χ0v) is 13.1. The Morgan fingerprint density at radius 3 is 2.81 bits per heavy atom. The Balaban J connectivity index is 1.88. The van der Waals surface area contributed by atoms with Crippen LogP contribution in [-0.2, 0) is 9.59 Å². The number of thioether (sulfide) groups is 1. The van der Waals surface area contributed by atoms with Gasteiger partial charge in [0.15, 0.2) is 5.78 Å². The number of aliphatic carboxylic acids is 1. The molecule has 1 unspecified atom stereocenters. The highest BCUT2D eigenvalue weighted by Crippen LogP contribution is 2.21. The minimum absolute atomic E-state index is 0.0282. The fourth-order valence-electron chi connectivity index (χ4n) is 2.28. The molecule has 0 bridgehead atoms. The Bertz CT molecular complexity index is 515. The zero-order chi connectivity index (χ0) is 15.2. The summed E-state index contributed by atoms with van der Waals surface area (Å²) < 4.78 is 0. The molecular weight excluding hydrogens is 310 g/mol. The topological polar surface area (TPSA) is 74.7 Å². The third-order valence-electron chi connectivity index (χ3n) is 3.32. The second-order valence-corrected chi connectivity index (χ2v) is 6.91. The molecule has 2 rings (SSSR count). The first-order valence-corrected chi connectivity index (χ1v) is 8.77. The molecule has 5 nitrogen and oxygen atoms in total. The highest BCUT2D eigenvalue weighted by atomic mass is 32.2. The highest BCUT2D eigenvalue weighted by Gasteiger charge is 2.28. The van der Waals surface area contributed by atoms with Gasteiger partial charge >= 0.3 is 5.97 Å². The van der Waals surface area contributed by atoms with E-state index in [-0.39, 0.29) is 37.0 Å². The molecule has 114 valence electrons. The SMILES string of the molecule is O=C(O)CC1CSCCN1C(=O)CCC(=O)c1cccs1. The maximum absolute atomic E-state index is 12.2. The van der Waals surface area contributed by atoms with Gasteiger partial charge in [-0.2, -0.15) is 11.8 Å². The van der Waals surface area contributed by atoms with Crippen LogP contribution in [0.3, 0.4) is 0 Å². The molecule has 0 saturated carbocycles. The van der Waals surface area contributed by atoms with E-state index in [9.17, 15) is 14.4 Å². The summed E-state index contributed by atoms with van der Waals surface area (Å²) in [7, 11) is 0. The van der Waals surface area contributed by atoms with Crippen LogP contribution in [-0.4, -0.2) is 51.8 Å². The van der Waals surface area contributed by atoms with Crippen LogP contribution in [0.5, 0.6) is 0 Å². The molecule has 1 aromatic rings. The summed E-state index contributed by atoms with van der Waals surface area (Å²) in [6, 6.07) is 3.30. The quantitative estimate of drug-likeness (QED) is 0.810. The minimum Gasteiger partial charge on any atom is -0.481 e. The van der Waals surface area contributed by atoms with E-state index in [0.29, 0.717) is 17.2 Å². The van der Waals surface area contributed by atoms with Crippen LogP contribution in [0.25, 0.3) is 0 Å². The van der Waals surface area contributed by atoms with Crippen LogP contribution >= 0.6 is 23.1 Å². The lowest BCUT2D eigenvalue weighted by molar-refractivity contribution is -0.140. The summed E-state index contributed by atoms with van der Waals surface area (Å²) in [5.41, 5.74) is 0. The number of nitrogens with zero attached hydrogens (tertiary/aromatic N) is 1.